The molecular formula is C23H26N4O2. The zero-order chi connectivity index (χ0) is 20.6. The van der Waals surface area contributed by atoms with E-state index in [-0.39, 0.29) is 11.9 Å². The summed E-state index contributed by atoms with van der Waals surface area (Å²) in [4.78, 5) is 14.7. The minimum Gasteiger partial charge on any atom is -0.497 e. The second kappa shape index (κ2) is 9.68. The lowest BCUT2D eigenvalue weighted by Gasteiger charge is -2.26. The maximum Gasteiger partial charge on any atom is 0.274 e. The molecule has 1 heterocycles. The van der Waals surface area contributed by atoms with Gasteiger partial charge in [-0.25, -0.2) is 0 Å². The van der Waals surface area contributed by atoms with E-state index in [0.717, 1.165) is 16.9 Å². The van der Waals surface area contributed by atoms with Crippen LogP contribution in [0.5, 0.6) is 5.75 Å². The number of carbonyl (C=O) groups excluding carboxylic acids is 1. The summed E-state index contributed by atoms with van der Waals surface area (Å²) in [6.07, 6.45) is 0. The Kier molecular flexibility index (Phi) is 6.79. The predicted molar refractivity (Wildman–Crippen MR) is 114 cm³/mol. The molecule has 1 N–H and O–H groups in total. The van der Waals surface area contributed by atoms with Gasteiger partial charge < -0.3 is 15.0 Å². The third kappa shape index (κ3) is 5.54. The summed E-state index contributed by atoms with van der Waals surface area (Å²) in [7, 11) is 1.64. The van der Waals surface area contributed by atoms with E-state index < -0.39 is 0 Å². The second-order valence-corrected chi connectivity index (χ2v) is 7.02. The molecule has 1 aromatic heterocycles. The maximum absolute atomic E-state index is 12.9. The lowest BCUT2D eigenvalue weighted by molar-refractivity contribution is 0.0683. The molecule has 0 saturated carbocycles. The van der Waals surface area contributed by atoms with Crippen LogP contribution in [0.1, 0.15) is 35.5 Å². The van der Waals surface area contributed by atoms with Crippen LogP contribution in [-0.4, -0.2) is 34.2 Å². The van der Waals surface area contributed by atoms with Gasteiger partial charge in [-0.15, -0.1) is 10.2 Å². The highest BCUT2D eigenvalue weighted by molar-refractivity contribution is 5.92. The molecule has 0 unspecified atom stereocenters. The topological polar surface area (TPSA) is 67.3 Å². The van der Waals surface area contributed by atoms with Crippen molar-refractivity contribution in [1.82, 2.24) is 15.1 Å². The zero-order valence-corrected chi connectivity index (χ0v) is 17.0. The molecule has 1 amide bonds. The van der Waals surface area contributed by atoms with Crippen molar-refractivity contribution in [2.75, 3.05) is 12.4 Å². The maximum atomic E-state index is 12.9. The Morgan fingerprint density at radius 1 is 0.966 bits per heavy atom. The van der Waals surface area contributed by atoms with Crippen molar-refractivity contribution in [3.05, 3.63) is 83.6 Å². The molecule has 0 aliphatic carbocycles. The number of methoxy groups -OCH3 is 1. The number of nitrogens with one attached hydrogen (secondary N) is 1. The van der Waals surface area contributed by atoms with Crippen molar-refractivity contribution in [2.24, 2.45) is 0 Å². The van der Waals surface area contributed by atoms with Crippen molar-refractivity contribution < 1.29 is 9.53 Å². The lowest BCUT2D eigenvalue weighted by Crippen LogP contribution is -2.37. The fourth-order valence-electron chi connectivity index (χ4n) is 2.89. The SMILES string of the molecule is COc1ccc(CNc2ccc(C(=O)N(Cc3ccccc3)C(C)C)nn2)cc1. The van der Waals surface area contributed by atoms with E-state index in [2.05, 4.69) is 15.5 Å². The molecule has 6 nitrogen and oxygen atoms in total. The third-order valence-corrected chi connectivity index (χ3v) is 4.60. The van der Waals surface area contributed by atoms with Gasteiger partial charge >= 0.3 is 0 Å². The van der Waals surface area contributed by atoms with Gasteiger partial charge in [0.1, 0.15) is 11.6 Å². The summed E-state index contributed by atoms with van der Waals surface area (Å²) >= 11 is 0. The Morgan fingerprint density at radius 3 is 2.28 bits per heavy atom. The molecule has 2 aromatic carbocycles. The Hall–Kier alpha value is -3.41. The number of hydrogen-bond acceptors (Lipinski definition) is 5. The van der Waals surface area contributed by atoms with Gasteiger partial charge in [-0.1, -0.05) is 42.5 Å². The zero-order valence-electron chi connectivity index (χ0n) is 17.0. The average molecular weight is 390 g/mol. The van der Waals surface area contributed by atoms with E-state index in [1.165, 1.54) is 0 Å². The second-order valence-electron chi connectivity index (χ2n) is 7.02. The van der Waals surface area contributed by atoms with Crippen LogP contribution < -0.4 is 10.1 Å². The van der Waals surface area contributed by atoms with Crippen LogP contribution in [0.15, 0.2) is 66.7 Å². The Balaban J connectivity index is 1.63. The van der Waals surface area contributed by atoms with Crippen LogP contribution in [0.3, 0.4) is 0 Å². The van der Waals surface area contributed by atoms with Gasteiger partial charge in [-0.2, -0.15) is 0 Å². The molecule has 0 spiro atoms. The number of nitrogens with zero attached hydrogens (tertiary/aromatic N) is 3. The first-order valence-corrected chi connectivity index (χ1v) is 9.62. The van der Waals surface area contributed by atoms with E-state index in [0.29, 0.717) is 24.6 Å². The van der Waals surface area contributed by atoms with Gasteiger partial charge in [0.05, 0.1) is 7.11 Å². The van der Waals surface area contributed by atoms with E-state index in [9.17, 15) is 4.79 Å². The van der Waals surface area contributed by atoms with Crippen LogP contribution in [-0.2, 0) is 13.1 Å². The molecule has 6 heteroatoms. The molecule has 0 fully saturated rings. The monoisotopic (exact) mass is 390 g/mol. The number of hydrogen-bond donors (Lipinski definition) is 1. The van der Waals surface area contributed by atoms with E-state index in [1.807, 2.05) is 68.4 Å². The van der Waals surface area contributed by atoms with Crippen molar-refractivity contribution in [3.8, 4) is 5.75 Å². The van der Waals surface area contributed by atoms with Crippen LogP contribution in [0, 0.1) is 0 Å². The van der Waals surface area contributed by atoms with Crippen LogP contribution in [0.2, 0.25) is 0 Å². The van der Waals surface area contributed by atoms with E-state index >= 15 is 0 Å². The van der Waals surface area contributed by atoms with Gasteiger partial charge in [0.25, 0.3) is 5.91 Å². The number of anilines is 1. The number of amides is 1. The van der Waals surface area contributed by atoms with Gasteiger partial charge in [-0.3, -0.25) is 4.79 Å². The summed E-state index contributed by atoms with van der Waals surface area (Å²) in [6, 6.07) is 21.3. The molecule has 0 saturated heterocycles. The first-order valence-electron chi connectivity index (χ1n) is 9.62. The predicted octanol–water partition coefficient (Wildman–Crippen LogP) is 4.15. The fourth-order valence-corrected chi connectivity index (χ4v) is 2.89. The highest BCUT2D eigenvalue weighted by Crippen LogP contribution is 2.14. The largest absolute Gasteiger partial charge is 0.497 e. The Morgan fingerprint density at radius 2 is 1.69 bits per heavy atom. The smallest absolute Gasteiger partial charge is 0.274 e. The van der Waals surface area contributed by atoms with Crippen LogP contribution in [0.4, 0.5) is 5.82 Å². The average Bonchev–Trinajstić information content (AvgIpc) is 2.77. The van der Waals surface area contributed by atoms with Crippen molar-refractivity contribution in [1.29, 1.82) is 0 Å². The highest BCUT2D eigenvalue weighted by atomic mass is 16.5. The number of benzene rings is 2. The summed E-state index contributed by atoms with van der Waals surface area (Å²) in [5.74, 6) is 1.32. The number of rotatable bonds is 8. The molecular weight excluding hydrogens is 364 g/mol. The first-order chi connectivity index (χ1) is 14.1. The highest BCUT2D eigenvalue weighted by Gasteiger charge is 2.20. The third-order valence-electron chi connectivity index (χ3n) is 4.60. The van der Waals surface area contributed by atoms with Gasteiger partial charge in [0.15, 0.2) is 5.69 Å². The van der Waals surface area contributed by atoms with Crippen molar-refractivity contribution in [3.63, 3.8) is 0 Å². The summed E-state index contributed by atoms with van der Waals surface area (Å²) in [5.41, 5.74) is 2.52. The quantitative estimate of drug-likeness (QED) is 0.626. The van der Waals surface area contributed by atoms with Crippen molar-refractivity contribution in [2.45, 2.75) is 33.0 Å². The van der Waals surface area contributed by atoms with Gasteiger partial charge in [0.2, 0.25) is 0 Å². The minimum absolute atomic E-state index is 0.0531. The minimum atomic E-state index is -0.127. The Bertz CT molecular complexity index is 910. The summed E-state index contributed by atoms with van der Waals surface area (Å²) in [5, 5.41) is 11.5. The van der Waals surface area contributed by atoms with Crippen LogP contribution >= 0.6 is 0 Å². The fraction of sp³-hybridized carbons (Fsp3) is 0.261. The summed E-state index contributed by atoms with van der Waals surface area (Å²) < 4.78 is 5.16. The van der Waals surface area contributed by atoms with Crippen molar-refractivity contribution >= 4 is 11.7 Å². The standard InChI is InChI=1S/C23H26N4O2/c1-17(2)27(16-19-7-5-4-6-8-19)23(28)21-13-14-22(26-25-21)24-15-18-9-11-20(29-3)12-10-18/h4-14,17H,15-16H2,1-3H3,(H,24,26). The molecule has 29 heavy (non-hydrogen) atoms. The molecule has 0 aliphatic rings. The number of carbonyl (C=O) groups is 1. The molecule has 0 radical (unpaired) electrons. The first kappa shape index (κ1) is 20.3. The lowest BCUT2D eigenvalue weighted by atomic mass is 10.1. The Labute approximate surface area is 171 Å². The molecule has 150 valence electrons. The van der Waals surface area contributed by atoms with E-state index in [1.54, 1.807) is 24.1 Å². The molecule has 3 rings (SSSR count). The van der Waals surface area contributed by atoms with Crippen LogP contribution in [0.25, 0.3) is 0 Å². The molecule has 0 bridgehead atoms. The van der Waals surface area contributed by atoms with Gasteiger partial charge in [-0.05, 0) is 49.2 Å². The van der Waals surface area contributed by atoms with Gasteiger partial charge in [0, 0.05) is 19.1 Å². The number of aromatic nitrogens is 2. The summed E-state index contributed by atoms with van der Waals surface area (Å²) in [6.45, 7) is 5.15. The molecule has 3 aromatic rings. The molecule has 0 aliphatic heterocycles. The van der Waals surface area contributed by atoms with E-state index in [4.69, 9.17) is 4.74 Å². The molecule has 0 atom stereocenters. The number of ether oxygens (including phenoxy) is 1. The normalized spacial score (nSPS) is 10.6.